The van der Waals surface area contributed by atoms with Gasteiger partial charge >= 0.3 is 0 Å². The lowest BCUT2D eigenvalue weighted by Gasteiger charge is -2.38. The van der Waals surface area contributed by atoms with Crippen LogP contribution in [0.15, 0.2) is 24.3 Å². The molecular weight excluding hydrogens is 292 g/mol. The fraction of sp³-hybridized carbons (Fsp3) is 0.611. The third kappa shape index (κ3) is 3.67. The molecule has 0 unspecified atom stereocenters. The molecule has 5 nitrogen and oxygen atoms in total. The Bertz CT molecular complexity index is 520. The van der Waals surface area contributed by atoms with Crippen molar-refractivity contribution < 1.29 is 14.3 Å². The van der Waals surface area contributed by atoms with Gasteiger partial charge in [0.05, 0.1) is 12.5 Å². The number of benzene rings is 1. The topological polar surface area (TPSA) is 59.6 Å². The Labute approximate surface area is 137 Å². The van der Waals surface area contributed by atoms with Crippen LogP contribution in [0.1, 0.15) is 25.3 Å². The second-order valence-electron chi connectivity index (χ2n) is 6.42. The quantitative estimate of drug-likeness (QED) is 0.834. The maximum atomic E-state index is 12.2. The van der Waals surface area contributed by atoms with Gasteiger partial charge in [-0.1, -0.05) is 12.1 Å². The van der Waals surface area contributed by atoms with Crippen LogP contribution >= 0.6 is 0 Å². The predicted octanol–water partition coefficient (Wildman–Crippen LogP) is 1.47. The number of hydrogen-bond acceptors (Lipinski definition) is 4. The van der Waals surface area contributed by atoms with Crippen LogP contribution in [0.2, 0.25) is 0 Å². The van der Waals surface area contributed by atoms with Gasteiger partial charge in [0.25, 0.3) is 0 Å². The molecule has 0 spiro atoms. The van der Waals surface area contributed by atoms with Crippen molar-refractivity contribution in [2.45, 2.75) is 25.2 Å². The summed E-state index contributed by atoms with van der Waals surface area (Å²) < 4.78 is 11.1. The number of amides is 1. The third-order valence-corrected chi connectivity index (χ3v) is 4.98. The van der Waals surface area contributed by atoms with Gasteiger partial charge in [-0.3, -0.25) is 4.79 Å². The summed E-state index contributed by atoms with van der Waals surface area (Å²) in [7, 11) is 0. The molecule has 2 aliphatic rings. The Kier molecular flexibility index (Phi) is 5.18. The molecule has 1 amide bonds. The van der Waals surface area contributed by atoms with Gasteiger partial charge in [0.1, 0.15) is 5.75 Å². The highest BCUT2D eigenvalue weighted by atomic mass is 16.5. The van der Waals surface area contributed by atoms with Crippen LogP contribution in [-0.2, 0) is 14.9 Å². The van der Waals surface area contributed by atoms with Gasteiger partial charge in [-0.05, 0) is 37.5 Å². The molecule has 126 valence electrons. The lowest BCUT2D eigenvalue weighted by Crippen LogP contribution is -2.53. The van der Waals surface area contributed by atoms with Crippen molar-refractivity contribution in [1.82, 2.24) is 10.6 Å². The van der Waals surface area contributed by atoms with Crippen molar-refractivity contribution in [2.75, 3.05) is 39.5 Å². The van der Waals surface area contributed by atoms with Crippen LogP contribution in [0, 0.1) is 5.92 Å². The highest BCUT2D eigenvalue weighted by molar-refractivity contribution is 5.80. The third-order valence-electron chi connectivity index (χ3n) is 4.98. The molecule has 1 aromatic carbocycles. The van der Waals surface area contributed by atoms with Crippen molar-refractivity contribution in [3.8, 4) is 5.75 Å². The number of hydrogen-bond donors (Lipinski definition) is 2. The molecule has 2 N–H and O–H groups in total. The molecule has 2 saturated heterocycles. The molecule has 0 bridgehead atoms. The standard InChI is InChI=1S/C18H26N2O3/c1-2-23-16-5-3-15(4-6-16)18(7-9-22-10-8-18)13-20-17(21)14-11-19-12-14/h3-6,14,19H,2,7-13H2,1H3,(H,20,21). The summed E-state index contributed by atoms with van der Waals surface area (Å²) >= 11 is 0. The van der Waals surface area contributed by atoms with Crippen LogP contribution < -0.4 is 15.4 Å². The zero-order valence-corrected chi connectivity index (χ0v) is 13.8. The van der Waals surface area contributed by atoms with E-state index < -0.39 is 0 Å². The van der Waals surface area contributed by atoms with Crippen LogP contribution in [0.3, 0.4) is 0 Å². The highest BCUT2D eigenvalue weighted by Crippen LogP contribution is 2.35. The molecule has 0 radical (unpaired) electrons. The minimum atomic E-state index is -0.0319. The fourth-order valence-electron chi connectivity index (χ4n) is 3.28. The van der Waals surface area contributed by atoms with Crippen LogP contribution in [0.25, 0.3) is 0 Å². The summed E-state index contributed by atoms with van der Waals surface area (Å²) in [5.74, 6) is 1.19. The number of rotatable bonds is 6. The van der Waals surface area contributed by atoms with E-state index in [-0.39, 0.29) is 17.2 Å². The van der Waals surface area contributed by atoms with Crippen molar-refractivity contribution in [1.29, 1.82) is 0 Å². The molecule has 2 fully saturated rings. The molecule has 0 atom stereocenters. The number of carbonyl (C=O) groups excluding carboxylic acids is 1. The van der Waals surface area contributed by atoms with Gasteiger partial charge in [-0.2, -0.15) is 0 Å². The fourth-order valence-corrected chi connectivity index (χ4v) is 3.28. The molecule has 0 aromatic heterocycles. The summed E-state index contributed by atoms with van der Waals surface area (Å²) in [6.07, 6.45) is 1.87. The van der Waals surface area contributed by atoms with Gasteiger partial charge in [0.15, 0.2) is 0 Å². The first-order valence-electron chi connectivity index (χ1n) is 8.53. The molecule has 5 heteroatoms. The summed E-state index contributed by atoms with van der Waals surface area (Å²) in [4.78, 5) is 12.2. The Morgan fingerprint density at radius 1 is 1.30 bits per heavy atom. The zero-order valence-electron chi connectivity index (χ0n) is 13.8. The average Bonchev–Trinajstić information content (AvgIpc) is 2.53. The molecule has 0 aliphatic carbocycles. The molecule has 2 heterocycles. The van der Waals surface area contributed by atoms with Gasteiger partial charge in [-0.15, -0.1) is 0 Å². The normalized spacial score (nSPS) is 20.6. The molecule has 1 aromatic rings. The summed E-state index contributed by atoms with van der Waals surface area (Å²) in [6, 6.07) is 8.31. The smallest absolute Gasteiger partial charge is 0.225 e. The minimum Gasteiger partial charge on any atom is -0.494 e. The highest BCUT2D eigenvalue weighted by Gasteiger charge is 2.36. The van der Waals surface area contributed by atoms with E-state index in [2.05, 4.69) is 22.8 Å². The van der Waals surface area contributed by atoms with E-state index in [0.717, 1.165) is 44.9 Å². The first-order valence-corrected chi connectivity index (χ1v) is 8.53. The Morgan fingerprint density at radius 2 is 2.00 bits per heavy atom. The molecule has 0 saturated carbocycles. The SMILES string of the molecule is CCOc1ccc(C2(CNC(=O)C3CNC3)CCOCC2)cc1. The summed E-state index contributed by atoms with van der Waals surface area (Å²) in [6.45, 7) is 6.42. The van der Waals surface area contributed by atoms with Gasteiger partial charge in [-0.25, -0.2) is 0 Å². The Balaban J connectivity index is 1.71. The van der Waals surface area contributed by atoms with E-state index in [1.807, 2.05) is 19.1 Å². The van der Waals surface area contributed by atoms with Crippen LogP contribution in [0.4, 0.5) is 0 Å². The Morgan fingerprint density at radius 3 is 2.57 bits per heavy atom. The van der Waals surface area contributed by atoms with E-state index in [9.17, 15) is 4.79 Å². The lowest BCUT2D eigenvalue weighted by atomic mass is 9.74. The molecular formula is C18H26N2O3. The van der Waals surface area contributed by atoms with Crippen LogP contribution in [0.5, 0.6) is 5.75 Å². The minimum absolute atomic E-state index is 0.0319. The second-order valence-corrected chi connectivity index (χ2v) is 6.42. The van der Waals surface area contributed by atoms with E-state index >= 15 is 0 Å². The number of nitrogens with one attached hydrogen (secondary N) is 2. The lowest BCUT2D eigenvalue weighted by molar-refractivity contribution is -0.126. The Hall–Kier alpha value is -1.59. The summed E-state index contributed by atoms with van der Waals surface area (Å²) in [5, 5.41) is 6.31. The number of ether oxygens (including phenoxy) is 2. The van der Waals surface area contributed by atoms with E-state index in [1.54, 1.807) is 0 Å². The first kappa shape index (κ1) is 16.3. The largest absolute Gasteiger partial charge is 0.494 e. The van der Waals surface area contributed by atoms with Gasteiger partial charge < -0.3 is 20.1 Å². The monoisotopic (exact) mass is 318 g/mol. The van der Waals surface area contributed by atoms with Gasteiger partial charge in [0, 0.05) is 38.3 Å². The van der Waals surface area contributed by atoms with Crippen LogP contribution in [-0.4, -0.2) is 45.4 Å². The number of carbonyl (C=O) groups is 1. The average molecular weight is 318 g/mol. The second kappa shape index (κ2) is 7.32. The maximum absolute atomic E-state index is 12.2. The summed E-state index contributed by atoms with van der Waals surface area (Å²) in [5.41, 5.74) is 1.23. The van der Waals surface area contributed by atoms with Crippen molar-refractivity contribution in [3.63, 3.8) is 0 Å². The first-order chi connectivity index (χ1) is 11.2. The molecule has 3 rings (SSSR count). The van der Waals surface area contributed by atoms with Crippen molar-refractivity contribution in [3.05, 3.63) is 29.8 Å². The van der Waals surface area contributed by atoms with E-state index in [4.69, 9.17) is 9.47 Å². The van der Waals surface area contributed by atoms with Crippen molar-refractivity contribution >= 4 is 5.91 Å². The van der Waals surface area contributed by atoms with E-state index in [0.29, 0.717) is 13.2 Å². The predicted molar refractivity (Wildman–Crippen MR) is 88.7 cm³/mol. The molecule has 23 heavy (non-hydrogen) atoms. The van der Waals surface area contributed by atoms with Gasteiger partial charge in [0.2, 0.25) is 5.91 Å². The zero-order chi connectivity index (χ0) is 16.1. The molecule has 2 aliphatic heterocycles. The van der Waals surface area contributed by atoms with E-state index in [1.165, 1.54) is 5.56 Å². The van der Waals surface area contributed by atoms with Crippen molar-refractivity contribution in [2.24, 2.45) is 5.92 Å². The maximum Gasteiger partial charge on any atom is 0.225 e.